The highest BCUT2D eigenvalue weighted by Gasteiger charge is 2.23. The maximum Gasteiger partial charge on any atom is 0.240 e. The van der Waals surface area contributed by atoms with Gasteiger partial charge < -0.3 is 9.64 Å². The molecule has 2 saturated heterocycles. The van der Waals surface area contributed by atoms with Crippen LogP contribution in [0.5, 0.6) is 0 Å². The highest BCUT2D eigenvalue weighted by molar-refractivity contribution is 7.89. The minimum absolute atomic E-state index is 0.0721. The van der Waals surface area contributed by atoms with Crippen molar-refractivity contribution in [1.29, 1.82) is 0 Å². The first kappa shape index (κ1) is 16.4. The molecule has 126 valence electrons. The molecule has 6 nitrogen and oxygen atoms in total. The molecule has 2 aliphatic rings. The summed E-state index contributed by atoms with van der Waals surface area (Å²) in [6, 6.07) is 6.48. The Bertz CT molecular complexity index is 651. The van der Waals surface area contributed by atoms with Crippen molar-refractivity contribution >= 4 is 21.6 Å². The molecule has 0 saturated carbocycles. The van der Waals surface area contributed by atoms with Crippen molar-refractivity contribution in [3.63, 3.8) is 0 Å². The van der Waals surface area contributed by atoms with E-state index in [9.17, 15) is 13.2 Å². The van der Waals surface area contributed by atoms with Crippen LogP contribution in [0.15, 0.2) is 29.2 Å². The molecule has 0 bridgehead atoms. The third-order valence-corrected chi connectivity index (χ3v) is 5.86. The second-order valence-corrected chi connectivity index (χ2v) is 7.72. The van der Waals surface area contributed by atoms with Gasteiger partial charge in [-0.3, -0.25) is 4.79 Å². The SMILES string of the molecule is O=C1CCCCN1c1ccc(S(=O)(=O)NC2CCOCC2)cc1. The van der Waals surface area contributed by atoms with Crippen LogP contribution in [-0.4, -0.2) is 40.1 Å². The fraction of sp³-hybridized carbons (Fsp3) is 0.562. The second-order valence-electron chi connectivity index (χ2n) is 6.00. The fourth-order valence-corrected chi connectivity index (χ4v) is 4.29. The van der Waals surface area contributed by atoms with E-state index in [1.165, 1.54) is 0 Å². The molecule has 2 heterocycles. The van der Waals surface area contributed by atoms with Gasteiger partial charge in [0, 0.05) is 37.9 Å². The normalized spacial score (nSPS) is 20.7. The van der Waals surface area contributed by atoms with Crippen molar-refractivity contribution in [1.82, 2.24) is 4.72 Å². The Morgan fingerprint density at radius 3 is 2.43 bits per heavy atom. The second kappa shape index (κ2) is 6.98. The van der Waals surface area contributed by atoms with E-state index in [4.69, 9.17) is 4.74 Å². The molecule has 0 radical (unpaired) electrons. The van der Waals surface area contributed by atoms with Crippen LogP contribution < -0.4 is 9.62 Å². The van der Waals surface area contributed by atoms with E-state index in [1.807, 2.05) is 0 Å². The first-order chi connectivity index (χ1) is 11.1. The number of nitrogens with zero attached hydrogens (tertiary/aromatic N) is 1. The van der Waals surface area contributed by atoms with Gasteiger partial charge in [0.15, 0.2) is 0 Å². The van der Waals surface area contributed by atoms with Gasteiger partial charge in [0.05, 0.1) is 4.90 Å². The van der Waals surface area contributed by atoms with E-state index in [2.05, 4.69) is 4.72 Å². The molecule has 7 heteroatoms. The molecule has 2 aliphatic heterocycles. The molecule has 23 heavy (non-hydrogen) atoms. The third-order valence-electron chi connectivity index (χ3n) is 4.33. The molecule has 1 amide bonds. The number of sulfonamides is 1. The predicted octanol–water partition coefficient (Wildman–Crippen LogP) is 1.66. The first-order valence-electron chi connectivity index (χ1n) is 8.07. The van der Waals surface area contributed by atoms with Crippen LogP contribution in [-0.2, 0) is 19.6 Å². The quantitative estimate of drug-likeness (QED) is 0.906. The maximum atomic E-state index is 12.4. The van der Waals surface area contributed by atoms with E-state index in [0.29, 0.717) is 39.0 Å². The van der Waals surface area contributed by atoms with Crippen molar-refractivity contribution in [2.75, 3.05) is 24.7 Å². The van der Waals surface area contributed by atoms with Crippen molar-refractivity contribution in [3.8, 4) is 0 Å². The first-order valence-corrected chi connectivity index (χ1v) is 9.55. The zero-order valence-electron chi connectivity index (χ0n) is 13.0. The summed E-state index contributed by atoms with van der Waals surface area (Å²) in [6.07, 6.45) is 3.86. The van der Waals surface area contributed by atoms with Gasteiger partial charge in [0.25, 0.3) is 0 Å². The monoisotopic (exact) mass is 338 g/mol. The van der Waals surface area contributed by atoms with Crippen LogP contribution >= 0.6 is 0 Å². The molecular formula is C16H22N2O4S. The van der Waals surface area contributed by atoms with Crippen molar-refractivity contribution < 1.29 is 17.9 Å². The van der Waals surface area contributed by atoms with Gasteiger partial charge in [-0.25, -0.2) is 13.1 Å². The lowest BCUT2D eigenvalue weighted by molar-refractivity contribution is -0.119. The molecule has 0 aliphatic carbocycles. The number of hydrogen-bond acceptors (Lipinski definition) is 4. The molecule has 1 N–H and O–H groups in total. The van der Waals surface area contributed by atoms with Crippen LogP contribution in [0.4, 0.5) is 5.69 Å². The zero-order valence-corrected chi connectivity index (χ0v) is 13.8. The fourth-order valence-electron chi connectivity index (χ4n) is 2.99. The highest BCUT2D eigenvalue weighted by atomic mass is 32.2. The Hall–Kier alpha value is -1.44. The number of ether oxygens (including phenoxy) is 1. The Morgan fingerprint density at radius 1 is 1.09 bits per heavy atom. The van der Waals surface area contributed by atoms with Crippen LogP contribution in [0.25, 0.3) is 0 Å². The van der Waals surface area contributed by atoms with Crippen LogP contribution in [0.1, 0.15) is 32.1 Å². The Labute approximate surface area is 136 Å². The largest absolute Gasteiger partial charge is 0.381 e. The third kappa shape index (κ3) is 3.91. The topological polar surface area (TPSA) is 75.7 Å². The van der Waals surface area contributed by atoms with Gasteiger partial charge in [-0.15, -0.1) is 0 Å². The number of rotatable bonds is 4. The van der Waals surface area contributed by atoms with Crippen LogP contribution in [0.3, 0.4) is 0 Å². The van der Waals surface area contributed by atoms with Crippen LogP contribution in [0.2, 0.25) is 0 Å². The van der Waals surface area contributed by atoms with Gasteiger partial charge in [-0.2, -0.15) is 0 Å². The smallest absolute Gasteiger partial charge is 0.240 e. The van der Waals surface area contributed by atoms with E-state index >= 15 is 0 Å². The summed E-state index contributed by atoms with van der Waals surface area (Å²) in [5.41, 5.74) is 0.764. The summed E-state index contributed by atoms with van der Waals surface area (Å²) in [5, 5.41) is 0. The van der Waals surface area contributed by atoms with Crippen molar-refractivity contribution in [2.45, 2.75) is 43.0 Å². The summed E-state index contributed by atoms with van der Waals surface area (Å²) < 4.78 is 32.8. The Kier molecular flexibility index (Phi) is 4.99. The van der Waals surface area contributed by atoms with E-state index in [1.54, 1.807) is 29.2 Å². The average molecular weight is 338 g/mol. The van der Waals surface area contributed by atoms with Crippen molar-refractivity contribution in [3.05, 3.63) is 24.3 Å². The lowest BCUT2D eigenvalue weighted by Crippen LogP contribution is -2.39. The summed E-state index contributed by atoms with van der Waals surface area (Å²) in [6.45, 7) is 1.87. The predicted molar refractivity (Wildman–Crippen MR) is 86.8 cm³/mol. The maximum absolute atomic E-state index is 12.4. The number of amides is 1. The lowest BCUT2D eigenvalue weighted by Gasteiger charge is -2.27. The molecule has 0 unspecified atom stereocenters. The molecule has 1 aromatic carbocycles. The summed E-state index contributed by atoms with van der Waals surface area (Å²) in [5.74, 6) is 0.104. The zero-order chi connectivity index (χ0) is 16.3. The number of benzene rings is 1. The highest BCUT2D eigenvalue weighted by Crippen LogP contribution is 2.23. The molecule has 0 spiro atoms. The van der Waals surface area contributed by atoms with Gasteiger partial charge in [-0.1, -0.05) is 0 Å². The molecule has 1 aromatic rings. The Morgan fingerprint density at radius 2 is 1.78 bits per heavy atom. The number of nitrogens with one attached hydrogen (secondary N) is 1. The van der Waals surface area contributed by atoms with Crippen molar-refractivity contribution in [2.24, 2.45) is 0 Å². The van der Waals surface area contributed by atoms with Gasteiger partial charge in [0.2, 0.25) is 15.9 Å². The van der Waals surface area contributed by atoms with Gasteiger partial charge in [-0.05, 0) is 49.9 Å². The number of anilines is 1. The number of hydrogen-bond donors (Lipinski definition) is 1. The summed E-state index contributed by atoms with van der Waals surface area (Å²) in [7, 11) is -3.53. The number of carbonyl (C=O) groups excluding carboxylic acids is 1. The summed E-state index contributed by atoms with van der Waals surface area (Å²) >= 11 is 0. The molecule has 2 fully saturated rings. The Balaban J connectivity index is 1.71. The lowest BCUT2D eigenvalue weighted by atomic mass is 10.1. The molecular weight excluding hydrogens is 316 g/mol. The molecule has 0 atom stereocenters. The van der Waals surface area contributed by atoms with Gasteiger partial charge >= 0.3 is 0 Å². The summed E-state index contributed by atoms with van der Waals surface area (Å²) in [4.78, 5) is 13.9. The van der Waals surface area contributed by atoms with Crippen LogP contribution in [0, 0.1) is 0 Å². The van der Waals surface area contributed by atoms with E-state index < -0.39 is 10.0 Å². The minimum Gasteiger partial charge on any atom is -0.381 e. The van der Waals surface area contributed by atoms with E-state index in [0.717, 1.165) is 18.5 Å². The van der Waals surface area contributed by atoms with Gasteiger partial charge in [0.1, 0.15) is 0 Å². The molecule has 3 rings (SSSR count). The van der Waals surface area contributed by atoms with E-state index in [-0.39, 0.29) is 16.8 Å². The minimum atomic E-state index is -3.53. The number of carbonyl (C=O) groups is 1. The average Bonchev–Trinajstić information content (AvgIpc) is 2.56. The molecule has 0 aromatic heterocycles. The standard InChI is InChI=1S/C16H22N2O4S/c19-16-3-1-2-10-18(16)14-4-6-15(7-5-14)23(20,21)17-13-8-11-22-12-9-13/h4-7,13,17H,1-3,8-12H2. The number of piperidine rings is 1.